The van der Waals surface area contributed by atoms with Crippen LogP contribution in [0.5, 0.6) is 0 Å². The Balaban J connectivity index is 1.83. The number of aromatic amines is 1. The smallest absolute Gasteiger partial charge is 0.0999 e. The number of benzene rings is 4. The number of fused-ring (bicyclic) bond motifs is 7. The number of H-pyrrole nitrogens is 1. The molecule has 0 fully saturated rings. The second-order valence-corrected chi connectivity index (χ2v) is 7.44. The van der Waals surface area contributed by atoms with Gasteiger partial charge in [0.1, 0.15) is 0 Å². The van der Waals surface area contributed by atoms with E-state index in [2.05, 4.69) is 82.4 Å². The average molecular weight is 371 g/mol. The Morgan fingerprint density at radius 2 is 1.52 bits per heavy atom. The van der Waals surface area contributed by atoms with Gasteiger partial charge in [0.25, 0.3) is 0 Å². The summed E-state index contributed by atoms with van der Waals surface area (Å²) in [5.41, 5.74) is 6.40. The van der Waals surface area contributed by atoms with Gasteiger partial charge in [0, 0.05) is 39.1 Å². The first-order chi connectivity index (χ1) is 14.3. The Bertz CT molecular complexity index is 1580. The van der Waals surface area contributed by atoms with Gasteiger partial charge in [-0.1, -0.05) is 66.7 Å². The maximum atomic E-state index is 9.92. The molecule has 0 saturated carbocycles. The van der Waals surface area contributed by atoms with E-state index in [1.54, 1.807) is 0 Å². The van der Waals surface area contributed by atoms with Crippen LogP contribution in [-0.4, -0.2) is 9.55 Å². The van der Waals surface area contributed by atoms with Crippen molar-refractivity contribution >= 4 is 43.6 Å². The summed E-state index contributed by atoms with van der Waals surface area (Å²) in [6.45, 7) is 0.779. The zero-order valence-corrected chi connectivity index (χ0v) is 15.7. The summed E-state index contributed by atoms with van der Waals surface area (Å²) < 4.78 is 2.37. The molecule has 4 aromatic carbocycles. The van der Waals surface area contributed by atoms with Gasteiger partial charge in [0.05, 0.1) is 22.7 Å². The molecule has 0 bridgehead atoms. The number of nitriles is 1. The van der Waals surface area contributed by atoms with Crippen LogP contribution in [0.25, 0.3) is 43.6 Å². The monoisotopic (exact) mass is 371 g/mol. The maximum absolute atomic E-state index is 9.92. The molecule has 29 heavy (non-hydrogen) atoms. The molecule has 0 radical (unpaired) electrons. The largest absolute Gasteiger partial charge is 0.353 e. The van der Waals surface area contributed by atoms with Crippen molar-refractivity contribution in [3.63, 3.8) is 0 Å². The van der Waals surface area contributed by atoms with Crippen LogP contribution in [0.3, 0.4) is 0 Å². The van der Waals surface area contributed by atoms with Crippen LogP contribution in [0.2, 0.25) is 0 Å². The number of nitrogens with zero attached hydrogens (tertiary/aromatic N) is 2. The molecule has 0 saturated heterocycles. The lowest BCUT2D eigenvalue weighted by Crippen LogP contribution is -1.99. The van der Waals surface area contributed by atoms with Gasteiger partial charge in [-0.2, -0.15) is 5.26 Å². The average Bonchev–Trinajstić information content (AvgIpc) is 3.31. The summed E-state index contributed by atoms with van der Waals surface area (Å²) in [6.07, 6.45) is 0. The second kappa shape index (κ2) is 5.98. The van der Waals surface area contributed by atoms with Crippen molar-refractivity contribution < 1.29 is 0 Å². The van der Waals surface area contributed by atoms with E-state index in [-0.39, 0.29) is 0 Å². The summed E-state index contributed by atoms with van der Waals surface area (Å²) >= 11 is 0. The fourth-order valence-electron chi connectivity index (χ4n) is 4.58. The van der Waals surface area contributed by atoms with Gasteiger partial charge in [-0.25, -0.2) is 0 Å². The summed E-state index contributed by atoms with van der Waals surface area (Å²) in [5.74, 6) is 0. The molecule has 2 aromatic heterocycles. The zero-order chi connectivity index (χ0) is 19.4. The first kappa shape index (κ1) is 16.0. The normalized spacial score (nSPS) is 11.6. The molecule has 0 atom stereocenters. The molecule has 136 valence electrons. The molecule has 1 N–H and O–H groups in total. The number of hydrogen-bond donors (Lipinski definition) is 1. The van der Waals surface area contributed by atoms with Gasteiger partial charge in [0.2, 0.25) is 0 Å². The fraction of sp³-hybridized carbons (Fsp3) is 0.0385. The minimum Gasteiger partial charge on any atom is -0.353 e. The van der Waals surface area contributed by atoms with Crippen molar-refractivity contribution in [1.29, 1.82) is 5.26 Å². The van der Waals surface area contributed by atoms with Crippen molar-refractivity contribution in [2.24, 2.45) is 0 Å². The minimum absolute atomic E-state index is 0.715. The zero-order valence-electron chi connectivity index (χ0n) is 15.7. The van der Waals surface area contributed by atoms with Crippen LogP contribution >= 0.6 is 0 Å². The molecule has 0 aliphatic heterocycles. The molecule has 6 aromatic rings. The van der Waals surface area contributed by atoms with E-state index in [9.17, 15) is 5.26 Å². The van der Waals surface area contributed by atoms with Crippen LogP contribution in [0.4, 0.5) is 0 Å². The summed E-state index contributed by atoms with van der Waals surface area (Å²) in [7, 11) is 0. The van der Waals surface area contributed by atoms with E-state index in [1.165, 1.54) is 16.5 Å². The highest BCUT2D eigenvalue weighted by molar-refractivity contribution is 6.23. The van der Waals surface area contributed by atoms with Crippen molar-refractivity contribution in [2.45, 2.75) is 6.54 Å². The quantitative estimate of drug-likeness (QED) is 0.379. The molecule has 3 heteroatoms. The Hall–Kier alpha value is -4.03. The van der Waals surface area contributed by atoms with Gasteiger partial charge in [-0.3, -0.25) is 0 Å². The summed E-state index contributed by atoms with van der Waals surface area (Å²) in [6, 6.07) is 31.7. The number of para-hydroxylation sites is 2. The third-order valence-electron chi connectivity index (χ3n) is 5.81. The topological polar surface area (TPSA) is 44.5 Å². The number of nitrogens with one attached hydrogen (secondary N) is 1. The highest BCUT2D eigenvalue weighted by atomic mass is 15.0. The van der Waals surface area contributed by atoms with Crippen LogP contribution < -0.4 is 0 Å². The Kier molecular flexibility index (Phi) is 3.30. The molecule has 0 amide bonds. The molecule has 0 spiro atoms. The van der Waals surface area contributed by atoms with Gasteiger partial charge in [0.15, 0.2) is 0 Å². The highest BCUT2D eigenvalue weighted by Gasteiger charge is 2.19. The first-order valence-electron chi connectivity index (χ1n) is 9.73. The number of rotatable bonds is 2. The van der Waals surface area contributed by atoms with Crippen molar-refractivity contribution in [3.8, 4) is 6.07 Å². The Morgan fingerprint density at radius 1 is 0.793 bits per heavy atom. The van der Waals surface area contributed by atoms with E-state index in [0.717, 1.165) is 39.3 Å². The molecular formula is C26H17N3. The third-order valence-corrected chi connectivity index (χ3v) is 5.81. The lowest BCUT2D eigenvalue weighted by molar-refractivity contribution is 0.871. The molecule has 3 nitrogen and oxygen atoms in total. The van der Waals surface area contributed by atoms with E-state index in [1.807, 2.05) is 18.2 Å². The predicted molar refractivity (Wildman–Crippen MR) is 119 cm³/mol. The molecular weight excluding hydrogens is 354 g/mol. The van der Waals surface area contributed by atoms with Crippen molar-refractivity contribution in [2.75, 3.05) is 0 Å². The number of aromatic nitrogens is 2. The van der Waals surface area contributed by atoms with Crippen LogP contribution in [0.1, 0.15) is 11.1 Å². The third kappa shape index (κ3) is 2.23. The number of hydrogen-bond acceptors (Lipinski definition) is 1. The van der Waals surface area contributed by atoms with E-state index in [0.29, 0.717) is 5.56 Å². The second-order valence-electron chi connectivity index (χ2n) is 7.44. The maximum Gasteiger partial charge on any atom is 0.0999 e. The van der Waals surface area contributed by atoms with Crippen LogP contribution in [-0.2, 0) is 6.54 Å². The predicted octanol–water partition coefficient (Wildman–Crippen LogP) is 6.35. The van der Waals surface area contributed by atoms with Crippen LogP contribution in [0.15, 0.2) is 84.9 Å². The fourth-order valence-corrected chi connectivity index (χ4v) is 4.58. The minimum atomic E-state index is 0.715. The van der Waals surface area contributed by atoms with Gasteiger partial charge in [-0.15, -0.1) is 0 Å². The van der Waals surface area contributed by atoms with Crippen LogP contribution in [0, 0.1) is 11.3 Å². The van der Waals surface area contributed by atoms with E-state index in [4.69, 9.17) is 0 Å². The highest BCUT2D eigenvalue weighted by Crippen LogP contribution is 2.39. The Labute approximate surface area is 167 Å². The summed E-state index contributed by atoms with van der Waals surface area (Å²) in [4.78, 5) is 3.61. The molecule has 0 aliphatic rings. The van der Waals surface area contributed by atoms with Gasteiger partial charge < -0.3 is 9.55 Å². The van der Waals surface area contributed by atoms with E-state index >= 15 is 0 Å². The summed E-state index contributed by atoms with van der Waals surface area (Å²) in [5, 5.41) is 14.3. The standard InChI is InChI=1S/C26H17N3/c27-15-18-14-21-19-10-5-7-13-23(19)29(16-17-8-2-1-3-9-17)26(21)25-24(18)20-11-4-6-12-22(20)28-25/h1-14,28H,16H2. The first-order valence-corrected chi connectivity index (χ1v) is 9.73. The molecule has 0 aliphatic carbocycles. The van der Waals surface area contributed by atoms with Gasteiger partial charge in [-0.05, 0) is 23.8 Å². The molecule has 6 rings (SSSR count). The lowest BCUT2D eigenvalue weighted by Gasteiger charge is -2.09. The SMILES string of the molecule is N#Cc1cc2c3ccccc3n(Cc3ccccc3)c2c2[nH]c3ccccc3c12. The lowest BCUT2D eigenvalue weighted by atomic mass is 10.0. The van der Waals surface area contributed by atoms with Crippen molar-refractivity contribution in [3.05, 3.63) is 96.1 Å². The Morgan fingerprint density at radius 3 is 2.34 bits per heavy atom. The van der Waals surface area contributed by atoms with Crippen molar-refractivity contribution in [1.82, 2.24) is 9.55 Å². The molecule has 0 unspecified atom stereocenters. The molecule has 2 heterocycles. The van der Waals surface area contributed by atoms with Gasteiger partial charge >= 0.3 is 0 Å². The van der Waals surface area contributed by atoms with E-state index < -0.39 is 0 Å².